The number of guanidine groups is 4. The zero-order valence-electron chi connectivity index (χ0n) is 10.1. The van der Waals surface area contributed by atoms with E-state index < -0.39 is 0 Å². The lowest BCUT2D eigenvalue weighted by Crippen LogP contribution is -2.26. The Morgan fingerprint density at radius 2 is 0.944 bits per heavy atom. The molecule has 0 amide bonds. The first kappa shape index (κ1) is 15.5. The molecule has 0 heterocycles. The fraction of sp³-hybridized carbons (Fsp3) is 0.500. The number of rotatable bonds is 5. The molecule has 0 aromatic rings. The molecule has 0 saturated heterocycles. The second kappa shape index (κ2) is 8.61. The number of unbranched alkanes of at least 4 members (excludes halogenated alkanes) is 1. The summed E-state index contributed by atoms with van der Waals surface area (Å²) in [5.41, 5.74) is 31.3. The predicted octanol–water partition coefficient (Wildman–Crippen LogP) is -3.06. The van der Waals surface area contributed by atoms with Gasteiger partial charge in [0, 0.05) is 13.1 Å². The average Bonchev–Trinajstić information content (AvgIpc) is 2.20. The summed E-state index contributed by atoms with van der Waals surface area (Å²) in [6.07, 6.45) is 1.53. The van der Waals surface area contributed by atoms with Crippen LogP contribution in [0.25, 0.3) is 0 Å². The molecule has 0 aliphatic heterocycles. The molecule has 0 fully saturated rings. The summed E-state index contributed by atoms with van der Waals surface area (Å²) < 4.78 is 0. The Morgan fingerprint density at radius 1 is 0.611 bits per heavy atom. The number of hydrogen-bond acceptors (Lipinski definition) is 2. The smallest absolute Gasteiger partial charge is 0.218 e. The average molecular weight is 256 g/mol. The third-order valence-corrected chi connectivity index (χ3v) is 1.60. The number of nitrogens with zero attached hydrogens (tertiary/aromatic N) is 4. The predicted molar refractivity (Wildman–Crippen MR) is 73.8 cm³/mol. The van der Waals surface area contributed by atoms with Crippen molar-refractivity contribution < 1.29 is 0 Å². The van der Waals surface area contributed by atoms with Crippen molar-refractivity contribution in [3.05, 3.63) is 0 Å². The fourth-order valence-corrected chi connectivity index (χ4v) is 0.946. The van der Waals surface area contributed by atoms with Crippen molar-refractivity contribution in [1.29, 1.82) is 0 Å². The second-order valence-electron chi connectivity index (χ2n) is 3.26. The molecule has 0 saturated carbocycles. The molecule has 0 radical (unpaired) electrons. The normalized spacial score (nSPS) is 12.0. The first-order chi connectivity index (χ1) is 8.41. The third-order valence-electron chi connectivity index (χ3n) is 1.60. The Hall–Kier alpha value is -2.52. The summed E-state index contributed by atoms with van der Waals surface area (Å²) in [6, 6.07) is 0. The Morgan fingerprint density at radius 3 is 1.22 bits per heavy atom. The van der Waals surface area contributed by atoms with Gasteiger partial charge in [-0.3, -0.25) is 9.98 Å². The first-order valence-corrected chi connectivity index (χ1v) is 5.21. The van der Waals surface area contributed by atoms with Crippen LogP contribution in [0.4, 0.5) is 0 Å². The van der Waals surface area contributed by atoms with Gasteiger partial charge in [-0.15, -0.1) is 0 Å². The van der Waals surface area contributed by atoms with Gasteiger partial charge in [-0.25, -0.2) is 0 Å². The van der Waals surface area contributed by atoms with Crippen LogP contribution in [-0.4, -0.2) is 36.9 Å². The van der Waals surface area contributed by atoms with Crippen LogP contribution in [0.5, 0.6) is 0 Å². The molecule has 102 valence electrons. The van der Waals surface area contributed by atoms with E-state index in [1.165, 1.54) is 0 Å². The Bertz CT molecular complexity index is 322. The molecule has 0 atom stereocenters. The molecule has 0 aromatic carbocycles. The van der Waals surface area contributed by atoms with E-state index in [0.29, 0.717) is 13.1 Å². The van der Waals surface area contributed by atoms with Gasteiger partial charge >= 0.3 is 0 Å². The minimum atomic E-state index is -0.120. The molecular formula is C8H20N10. The van der Waals surface area contributed by atoms with Crippen molar-refractivity contribution in [2.75, 3.05) is 13.1 Å². The molecule has 0 aliphatic rings. The molecular weight excluding hydrogens is 236 g/mol. The Kier molecular flexibility index (Phi) is 7.41. The molecule has 10 heteroatoms. The monoisotopic (exact) mass is 256 g/mol. The van der Waals surface area contributed by atoms with Crippen molar-refractivity contribution in [2.45, 2.75) is 12.8 Å². The zero-order valence-corrected chi connectivity index (χ0v) is 10.1. The summed E-state index contributed by atoms with van der Waals surface area (Å²) in [4.78, 5) is 15.0. The lowest BCUT2D eigenvalue weighted by molar-refractivity contribution is 0.754. The van der Waals surface area contributed by atoms with Crippen molar-refractivity contribution in [3.63, 3.8) is 0 Å². The minimum Gasteiger partial charge on any atom is -0.370 e. The highest BCUT2D eigenvalue weighted by Crippen LogP contribution is 1.91. The maximum absolute atomic E-state index is 5.40. The fourth-order valence-electron chi connectivity index (χ4n) is 0.946. The van der Waals surface area contributed by atoms with Gasteiger partial charge in [-0.2, -0.15) is 9.98 Å². The van der Waals surface area contributed by atoms with Crippen LogP contribution in [0, 0.1) is 0 Å². The van der Waals surface area contributed by atoms with Gasteiger partial charge in [0.1, 0.15) is 0 Å². The first-order valence-electron chi connectivity index (χ1n) is 5.21. The van der Waals surface area contributed by atoms with E-state index in [1.54, 1.807) is 0 Å². The van der Waals surface area contributed by atoms with E-state index in [-0.39, 0.29) is 23.8 Å². The van der Waals surface area contributed by atoms with Gasteiger partial charge in [0.05, 0.1) is 0 Å². The molecule has 0 rings (SSSR count). The highest BCUT2D eigenvalue weighted by molar-refractivity contribution is 5.92. The van der Waals surface area contributed by atoms with Crippen molar-refractivity contribution in [3.8, 4) is 0 Å². The molecule has 0 spiro atoms. The van der Waals surface area contributed by atoms with Crippen LogP contribution < -0.4 is 34.4 Å². The van der Waals surface area contributed by atoms with E-state index in [1.807, 2.05) is 0 Å². The summed E-state index contributed by atoms with van der Waals surface area (Å²) >= 11 is 0. The maximum atomic E-state index is 5.40. The zero-order chi connectivity index (χ0) is 14.0. The lowest BCUT2D eigenvalue weighted by atomic mass is 10.3. The van der Waals surface area contributed by atoms with Crippen LogP contribution >= 0.6 is 0 Å². The molecule has 0 bridgehead atoms. The molecule has 0 aliphatic carbocycles. The summed E-state index contributed by atoms with van der Waals surface area (Å²) in [7, 11) is 0. The minimum absolute atomic E-state index is 0.0542. The van der Waals surface area contributed by atoms with E-state index in [9.17, 15) is 0 Å². The lowest BCUT2D eigenvalue weighted by Gasteiger charge is -1.97. The van der Waals surface area contributed by atoms with E-state index in [4.69, 9.17) is 34.4 Å². The highest BCUT2D eigenvalue weighted by atomic mass is 15.1. The van der Waals surface area contributed by atoms with Gasteiger partial charge < -0.3 is 34.4 Å². The Labute approximate surface area is 105 Å². The number of aliphatic imine (C=N–C) groups is 4. The van der Waals surface area contributed by atoms with Gasteiger partial charge in [0.2, 0.25) is 11.9 Å². The van der Waals surface area contributed by atoms with Crippen LogP contribution in [0.3, 0.4) is 0 Å². The van der Waals surface area contributed by atoms with E-state index in [0.717, 1.165) is 12.8 Å². The molecule has 12 N–H and O–H groups in total. The standard InChI is InChI=1S/C8H20N10/c9-5(10)17-7(13)15-3-1-2-4-16-8(14)18-6(11)12/h1-4H2,(H6,9,10,13,15,17)(H6,11,12,14,16,18). The van der Waals surface area contributed by atoms with E-state index >= 15 is 0 Å². The SMILES string of the molecule is NC(N)=NC(N)=NCCCCN=C(N)N=C(N)N. The van der Waals surface area contributed by atoms with Crippen molar-refractivity contribution in [1.82, 2.24) is 0 Å². The van der Waals surface area contributed by atoms with E-state index in [2.05, 4.69) is 20.0 Å². The topological polar surface area (TPSA) is 206 Å². The largest absolute Gasteiger partial charge is 0.370 e. The van der Waals surface area contributed by atoms with Gasteiger partial charge in [0.15, 0.2) is 11.9 Å². The van der Waals surface area contributed by atoms with Crippen molar-refractivity contribution in [2.24, 2.45) is 54.4 Å². The molecule has 0 aromatic heterocycles. The molecule has 18 heavy (non-hydrogen) atoms. The van der Waals surface area contributed by atoms with Gasteiger partial charge in [-0.1, -0.05) is 0 Å². The van der Waals surface area contributed by atoms with Gasteiger partial charge in [-0.05, 0) is 12.8 Å². The van der Waals surface area contributed by atoms with Gasteiger partial charge in [0.25, 0.3) is 0 Å². The summed E-state index contributed by atoms with van der Waals surface area (Å²) in [6.45, 7) is 1.00. The quantitative estimate of drug-likeness (QED) is 0.171. The molecule has 0 unspecified atom stereocenters. The molecule has 10 nitrogen and oxygen atoms in total. The summed E-state index contributed by atoms with van der Waals surface area (Å²) in [5.74, 6) is -0.131. The van der Waals surface area contributed by atoms with Crippen LogP contribution in [0.2, 0.25) is 0 Å². The second-order valence-corrected chi connectivity index (χ2v) is 3.26. The maximum Gasteiger partial charge on any atom is 0.218 e. The number of hydrogen-bond donors (Lipinski definition) is 6. The Balaban J connectivity index is 3.82. The van der Waals surface area contributed by atoms with Crippen LogP contribution in [-0.2, 0) is 0 Å². The highest BCUT2D eigenvalue weighted by Gasteiger charge is 1.91. The van der Waals surface area contributed by atoms with Crippen molar-refractivity contribution >= 4 is 23.8 Å². The van der Waals surface area contributed by atoms with Crippen LogP contribution in [0.15, 0.2) is 20.0 Å². The number of nitrogens with two attached hydrogens (primary N) is 6. The van der Waals surface area contributed by atoms with Crippen LogP contribution in [0.1, 0.15) is 12.8 Å². The third kappa shape index (κ3) is 10.0. The summed E-state index contributed by atoms with van der Waals surface area (Å²) in [5, 5.41) is 0.